The second-order valence-corrected chi connectivity index (χ2v) is 4.90. The maximum absolute atomic E-state index is 11.6. The fourth-order valence-electron chi connectivity index (χ4n) is 2.38. The summed E-state index contributed by atoms with van der Waals surface area (Å²) in [5, 5.41) is 2.70. The molecular weight excluding hydrogens is 240 g/mol. The van der Waals surface area contributed by atoms with E-state index in [1.165, 1.54) is 5.56 Å². The molecule has 1 fully saturated rings. The summed E-state index contributed by atoms with van der Waals surface area (Å²) >= 11 is 0. The predicted molar refractivity (Wildman–Crippen MR) is 75.0 cm³/mol. The van der Waals surface area contributed by atoms with Crippen molar-refractivity contribution in [3.8, 4) is 0 Å². The summed E-state index contributed by atoms with van der Waals surface area (Å²) in [6.45, 7) is 2.90. The maximum Gasteiger partial charge on any atom is 0.233 e. The molecule has 1 amide bonds. The number of hydrogen-bond acceptors (Lipinski definition) is 3. The minimum atomic E-state index is 0.0694. The summed E-state index contributed by atoms with van der Waals surface area (Å²) < 4.78 is 5.43. The Bertz CT molecular complexity index is 388. The molecule has 104 valence electrons. The van der Waals surface area contributed by atoms with Gasteiger partial charge < -0.3 is 10.1 Å². The second-order valence-electron chi connectivity index (χ2n) is 4.90. The first-order valence-corrected chi connectivity index (χ1v) is 6.86. The zero-order valence-corrected chi connectivity index (χ0v) is 11.5. The van der Waals surface area contributed by atoms with Crippen LogP contribution in [0.2, 0.25) is 0 Å². The van der Waals surface area contributed by atoms with Crippen molar-refractivity contribution in [3.63, 3.8) is 0 Å². The average Bonchev–Trinajstić information content (AvgIpc) is 2.98. The van der Waals surface area contributed by atoms with Crippen LogP contribution in [-0.2, 0) is 16.0 Å². The fourth-order valence-corrected chi connectivity index (χ4v) is 2.38. The molecule has 0 saturated carbocycles. The van der Waals surface area contributed by atoms with E-state index in [0.717, 1.165) is 32.6 Å². The Kier molecular flexibility index (Phi) is 5.36. The van der Waals surface area contributed by atoms with E-state index in [9.17, 15) is 4.79 Å². The molecule has 1 aromatic rings. The highest BCUT2D eigenvalue weighted by Crippen LogP contribution is 2.13. The van der Waals surface area contributed by atoms with Gasteiger partial charge in [0.2, 0.25) is 5.91 Å². The number of amides is 1. The van der Waals surface area contributed by atoms with E-state index in [0.29, 0.717) is 12.6 Å². The number of ether oxygens (including phenoxy) is 1. The predicted octanol–water partition coefficient (Wildman–Crippen LogP) is 1.07. The van der Waals surface area contributed by atoms with E-state index < -0.39 is 0 Å². The molecule has 19 heavy (non-hydrogen) atoms. The van der Waals surface area contributed by atoms with Crippen LogP contribution in [0.25, 0.3) is 0 Å². The van der Waals surface area contributed by atoms with Gasteiger partial charge >= 0.3 is 0 Å². The first-order valence-electron chi connectivity index (χ1n) is 6.86. The lowest BCUT2D eigenvalue weighted by molar-refractivity contribution is -0.122. The minimum absolute atomic E-state index is 0.0694. The van der Waals surface area contributed by atoms with Crippen LogP contribution in [0.4, 0.5) is 0 Å². The van der Waals surface area contributed by atoms with Crippen LogP contribution in [0.3, 0.4) is 0 Å². The number of benzene rings is 1. The molecule has 0 bridgehead atoms. The number of nitrogens with zero attached hydrogens (tertiary/aromatic N) is 1. The Morgan fingerprint density at radius 1 is 1.42 bits per heavy atom. The molecule has 2 rings (SSSR count). The van der Waals surface area contributed by atoms with Gasteiger partial charge in [-0.25, -0.2) is 0 Å². The van der Waals surface area contributed by atoms with Gasteiger partial charge in [-0.15, -0.1) is 0 Å². The summed E-state index contributed by atoms with van der Waals surface area (Å²) in [4.78, 5) is 13.8. The number of carbonyl (C=O) groups is 1. The number of carbonyl (C=O) groups excluding carboxylic acids is 1. The van der Waals surface area contributed by atoms with Crippen LogP contribution in [0.5, 0.6) is 0 Å². The van der Waals surface area contributed by atoms with E-state index in [1.54, 1.807) is 7.05 Å². The third-order valence-corrected chi connectivity index (χ3v) is 3.58. The van der Waals surface area contributed by atoms with Gasteiger partial charge in [-0.05, 0) is 18.4 Å². The molecule has 1 aromatic carbocycles. The normalized spacial score (nSPS) is 18.7. The number of hydrogen-bond donors (Lipinski definition) is 1. The van der Waals surface area contributed by atoms with Crippen molar-refractivity contribution in [1.82, 2.24) is 10.2 Å². The number of nitrogens with one attached hydrogen (secondary N) is 1. The lowest BCUT2D eigenvalue weighted by atomic mass is 10.1. The molecule has 0 aliphatic carbocycles. The molecule has 1 atom stereocenters. The summed E-state index contributed by atoms with van der Waals surface area (Å²) in [6, 6.07) is 10.8. The van der Waals surface area contributed by atoms with Crippen molar-refractivity contribution in [1.29, 1.82) is 0 Å². The SMILES string of the molecule is CNC(=O)CN(CCc1ccccc1)[C@H]1CCOC1. The van der Waals surface area contributed by atoms with Gasteiger partial charge in [-0.3, -0.25) is 9.69 Å². The van der Waals surface area contributed by atoms with Gasteiger partial charge in [0.25, 0.3) is 0 Å². The molecule has 1 aliphatic rings. The molecule has 1 heterocycles. The molecule has 0 radical (unpaired) electrons. The molecule has 0 aromatic heterocycles. The van der Waals surface area contributed by atoms with Gasteiger partial charge in [0.1, 0.15) is 0 Å². The Morgan fingerprint density at radius 3 is 2.84 bits per heavy atom. The molecule has 1 saturated heterocycles. The van der Waals surface area contributed by atoms with Crippen molar-refractivity contribution in [2.24, 2.45) is 0 Å². The first-order chi connectivity index (χ1) is 9.29. The zero-order chi connectivity index (χ0) is 13.5. The lowest BCUT2D eigenvalue weighted by Gasteiger charge is -2.26. The summed E-state index contributed by atoms with van der Waals surface area (Å²) in [6.07, 6.45) is 1.99. The van der Waals surface area contributed by atoms with Crippen molar-refractivity contribution < 1.29 is 9.53 Å². The lowest BCUT2D eigenvalue weighted by Crippen LogP contribution is -2.43. The number of likely N-dealkylation sites (N-methyl/N-ethyl adjacent to an activating group) is 1. The van der Waals surface area contributed by atoms with Gasteiger partial charge in [-0.1, -0.05) is 30.3 Å². The van der Waals surface area contributed by atoms with Crippen LogP contribution < -0.4 is 5.32 Å². The molecule has 1 aliphatic heterocycles. The van der Waals surface area contributed by atoms with Gasteiger partial charge in [0, 0.05) is 26.2 Å². The zero-order valence-electron chi connectivity index (χ0n) is 11.5. The average molecular weight is 262 g/mol. The van der Waals surface area contributed by atoms with Gasteiger partial charge in [0.15, 0.2) is 0 Å². The van der Waals surface area contributed by atoms with Crippen molar-refractivity contribution in [2.75, 3.05) is 33.4 Å². The van der Waals surface area contributed by atoms with Gasteiger partial charge in [0.05, 0.1) is 13.2 Å². The Balaban J connectivity index is 1.91. The summed E-state index contributed by atoms with van der Waals surface area (Å²) in [5.41, 5.74) is 1.31. The minimum Gasteiger partial charge on any atom is -0.380 e. The molecule has 0 unspecified atom stereocenters. The monoisotopic (exact) mass is 262 g/mol. The van der Waals surface area contributed by atoms with Crippen LogP contribution in [0, 0.1) is 0 Å². The molecule has 1 N–H and O–H groups in total. The second kappa shape index (κ2) is 7.26. The van der Waals surface area contributed by atoms with Gasteiger partial charge in [-0.2, -0.15) is 0 Å². The van der Waals surface area contributed by atoms with E-state index in [-0.39, 0.29) is 5.91 Å². The van der Waals surface area contributed by atoms with Crippen molar-refractivity contribution >= 4 is 5.91 Å². The van der Waals surface area contributed by atoms with E-state index in [4.69, 9.17) is 4.74 Å². The van der Waals surface area contributed by atoms with Crippen LogP contribution in [0.15, 0.2) is 30.3 Å². The summed E-state index contributed by atoms with van der Waals surface area (Å²) in [7, 11) is 1.68. The smallest absolute Gasteiger partial charge is 0.233 e. The Hall–Kier alpha value is -1.39. The number of rotatable bonds is 6. The van der Waals surface area contributed by atoms with Crippen molar-refractivity contribution in [2.45, 2.75) is 18.9 Å². The quantitative estimate of drug-likeness (QED) is 0.833. The van der Waals surface area contributed by atoms with E-state index >= 15 is 0 Å². The maximum atomic E-state index is 11.6. The molecule has 4 nitrogen and oxygen atoms in total. The Morgan fingerprint density at radius 2 is 2.21 bits per heavy atom. The third-order valence-electron chi connectivity index (χ3n) is 3.58. The standard InChI is InChI=1S/C15H22N2O2/c1-16-15(18)11-17(14-8-10-19-12-14)9-7-13-5-3-2-4-6-13/h2-6,14H,7-12H2,1H3,(H,16,18)/t14-/m0/s1. The van der Waals surface area contributed by atoms with Crippen molar-refractivity contribution in [3.05, 3.63) is 35.9 Å². The first kappa shape index (κ1) is 14.0. The summed E-state index contributed by atoms with van der Waals surface area (Å²) in [5.74, 6) is 0.0694. The van der Waals surface area contributed by atoms with E-state index in [1.807, 2.05) is 6.07 Å². The molecule has 4 heteroatoms. The van der Waals surface area contributed by atoms with Crippen LogP contribution in [-0.4, -0.2) is 50.2 Å². The topological polar surface area (TPSA) is 41.6 Å². The Labute approximate surface area is 114 Å². The highest BCUT2D eigenvalue weighted by Gasteiger charge is 2.24. The third kappa shape index (κ3) is 4.33. The van der Waals surface area contributed by atoms with E-state index in [2.05, 4.69) is 34.5 Å². The molecule has 0 spiro atoms. The van der Waals surface area contributed by atoms with Crippen LogP contribution >= 0.6 is 0 Å². The van der Waals surface area contributed by atoms with Crippen LogP contribution in [0.1, 0.15) is 12.0 Å². The largest absolute Gasteiger partial charge is 0.380 e. The highest BCUT2D eigenvalue weighted by molar-refractivity contribution is 5.77. The fraction of sp³-hybridized carbons (Fsp3) is 0.533. The molecular formula is C15H22N2O2. The highest BCUT2D eigenvalue weighted by atomic mass is 16.5.